The van der Waals surface area contributed by atoms with Crippen molar-refractivity contribution in [1.29, 1.82) is 0 Å². The molecular weight excluding hydrogens is 432 g/mol. The number of amides is 1. The number of phenolic OH excluding ortho intramolecular Hbond substituents is 1. The summed E-state index contributed by atoms with van der Waals surface area (Å²) in [5.41, 5.74) is 3.77. The van der Waals surface area contributed by atoms with Crippen molar-refractivity contribution in [2.24, 2.45) is 29.4 Å². The normalized spacial score (nSPS) is 33.5. The number of methoxy groups -OCH3 is 1. The monoisotopic (exact) mass is 458 g/mol. The Labute approximate surface area is 189 Å². The quantitative estimate of drug-likeness (QED) is 0.481. The van der Waals surface area contributed by atoms with E-state index in [1.54, 1.807) is 20.2 Å². The Balaban J connectivity index is 1.87. The number of fused-ring (bicyclic) bond motifs is 3. The van der Waals surface area contributed by atoms with Gasteiger partial charge in [-0.15, -0.1) is 0 Å². The zero-order valence-corrected chi connectivity index (χ0v) is 18.5. The van der Waals surface area contributed by atoms with Crippen molar-refractivity contribution in [2.75, 3.05) is 21.2 Å². The van der Waals surface area contributed by atoms with Crippen LogP contribution in [0.25, 0.3) is 0 Å². The van der Waals surface area contributed by atoms with E-state index in [-0.39, 0.29) is 30.8 Å². The van der Waals surface area contributed by atoms with Gasteiger partial charge in [-0.25, -0.2) is 0 Å². The Morgan fingerprint density at radius 1 is 1.21 bits per heavy atom. The molecule has 0 heterocycles. The maximum Gasteiger partial charge on any atom is 0.235 e. The Morgan fingerprint density at radius 2 is 1.88 bits per heavy atom. The van der Waals surface area contributed by atoms with Crippen molar-refractivity contribution >= 4 is 29.0 Å². The van der Waals surface area contributed by atoms with Gasteiger partial charge in [0.25, 0.3) is 0 Å². The van der Waals surface area contributed by atoms with Crippen LogP contribution in [0.15, 0.2) is 12.1 Å². The van der Waals surface area contributed by atoms with Gasteiger partial charge in [-0.1, -0.05) is 6.07 Å². The number of benzene rings is 1. The molecule has 176 valence electrons. The second-order valence-electron chi connectivity index (χ2n) is 9.32. The highest BCUT2D eigenvalue weighted by Gasteiger charge is 2.69. The lowest BCUT2D eigenvalue weighted by molar-refractivity contribution is -0.181. The summed E-state index contributed by atoms with van der Waals surface area (Å²) in [6, 6.07) is 1.86. The molecule has 0 bridgehead atoms. The van der Waals surface area contributed by atoms with Crippen LogP contribution in [-0.2, 0) is 36.9 Å². The molecule has 3 aliphatic rings. The molecule has 0 spiro atoms. The van der Waals surface area contributed by atoms with E-state index in [0.717, 1.165) is 0 Å². The van der Waals surface area contributed by atoms with Crippen LogP contribution < -0.4 is 5.73 Å². The lowest BCUT2D eigenvalue weighted by Crippen LogP contribution is -2.74. The number of carbonyl (C=O) groups is 5. The highest BCUT2D eigenvalue weighted by Crippen LogP contribution is 2.51. The van der Waals surface area contributed by atoms with Crippen molar-refractivity contribution in [3.8, 4) is 5.75 Å². The molecule has 2 saturated carbocycles. The summed E-state index contributed by atoms with van der Waals surface area (Å²) in [5.74, 6) is -10.5. The fraction of sp³-hybridized carbons (Fsp3) is 0.522. The third-order valence-corrected chi connectivity index (χ3v) is 7.34. The first-order valence-corrected chi connectivity index (χ1v) is 10.6. The molecule has 1 aromatic rings. The number of ketones is 4. The van der Waals surface area contributed by atoms with Gasteiger partial charge in [0.15, 0.2) is 34.7 Å². The maximum absolute atomic E-state index is 13.6. The van der Waals surface area contributed by atoms with Gasteiger partial charge in [-0.3, -0.25) is 28.9 Å². The van der Waals surface area contributed by atoms with Gasteiger partial charge in [0.05, 0.1) is 24.1 Å². The Bertz CT molecular complexity index is 1100. The fourth-order valence-corrected chi connectivity index (χ4v) is 5.96. The molecule has 3 unspecified atom stereocenters. The number of likely N-dealkylation sites (N-methyl/N-ethyl adjacent to an activating group) is 1. The van der Waals surface area contributed by atoms with Gasteiger partial charge in [-0.2, -0.15) is 0 Å². The summed E-state index contributed by atoms with van der Waals surface area (Å²) < 4.78 is 5.20. The number of hydrogen-bond donors (Lipinski definition) is 3. The van der Waals surface area contributed by atoms with E-state index in [0.29, 0.717) is 11.1 Å². The summed E-state index contributed by atoms with van der Waals surface area (Å²) in [6.07, 6.45) is 0.241. The molecule has 4 rings (SSSR count). The molecule has 1 amide bonds. The van der Waals surface area contributed by atoms with Crippen molar-refractivity contribution in [3.63, 3.8) is 0 Å². The number of phenols is 1. The van der Waals surface area contributed by atoms with Crippen LogP contribution in [0.4, 0.5) is 0 Å². The van der Waals surface area contributed by atoms with Crippen LogP contribution in [0.2, 0.25) is 0 Å². The Kier molecular flexibility index (Phi) is 5.50. The molecule has 10 nitrogen and oxygen atoms in total. The molecule has 4 N–H and O–H groups in total. The predicted octanol–water partition coefficient (Wildman–Crippen LogP) is -0.987. The van der Waals surface area contributed by atoms with E-state index < -0.39 is 64.4 Å². The number of ether oxygens (including phenoxy) is 1. The van der Waals surface area contributed by atoms with E-state index in [1.165, 1.54) is 18.1 Å². The number of aromatic hydroxyl groups is 1. The third kappa shape index (κ3) is 3.08. The molecule has 1 aromatic carbocycles. The molecule has 0 aromatic heterocycles. The van der Waals surface area contributed by atoms with Gasteiger partial charge < -0.3 is 20.7 Å². The first-order chi connectivity index (χ1) is 15.5. The van der Waals surface area contributed by atoms with Gasteiger partial charge in [0, 0.05) is 13.0 Å². The summed E-state index contributed by atoms with van der Waals surface area (Å²) >= 11 is 0. The van der Waals surface area contributed by atoms with Crippen molar-refractivity contribution in [3.05, 3.63) is 28.8 Å². The largest absolute Gasteiger partial charge is 0.507 e. The summed E-state index contributed by atoms with van der Waals surface area (Å²) in [7, 11) is 4.58. The summed E-state index contributed by atoms with van der Waals surface area (Å²) in [5, 5.41) is 21.9. The number of rotatable bonds is 4. The zero-order valence-electron chi connectivity index (χ0n) is 18.5. The number of primary amides is 1. The number of aliphatic hydroxyl groups is 1. The smallest absolute Gasteiger partial charge is 0.235 e. The SMILES string of the molecule is COCc1ccc(O)c2c1C[C@@H]1C[C@@H]3C(N(C)C)C(=O)C(C(N)=O)C(=O)[C@]3(O)C(=O)C1C2=O. The maximum atomic E-state index is 13.6. The van der Waals surface area contributed by atoms with Crippen LogP contribution in [-0.4, -0.2) is 77.0 Å². The minimum absolute atomic E-state index is 0.0198. The van der Waals surface area contributed by atoms with Crippen LogP contribution in [0.1, 0.15) is 27.9 Å². The van der Waals surface area contributed by atoms with E-state index in [2.05, 4.69) is 0 Å². The number of carbonyl (C=O) groups excluding carboxylic acids is 5. The molecule has 10 heteroatoms. The lowest BCUT2D eigenvalue weighted by Gasteiger charge is -2.52. The number of Topliss-reactive ketones (excluding diaryl/α,β-unsaturated/α-hetero) is 4. The van der Waals surface area contributed by atoms with Gasteiger partial charge in [0.1, 0.15) is 5.75 Å². The van der Waals surface area contributed by atoms with Crippen molar-refractivity contribution in [2.45, 2.75) is 31.1 Å². The van der Waals surface area contributed by atoms with Crippen LogP contribution in [0.5, 0.6) is 5.75 Å². The summed E-state index contributed by atoms with van der Waals surface area (Å²) in [4.78, 5) is 66.7. The third-order valence-electron chi connectivity index (χ3n) is 7.34. The van der Waals surface area contributed by atoms with E-state index in [9.17, 15) is 34.2 Å². The molecule has 0 saturated heterocycles. The molecule has 2 fully saturated rings. The minimum Gasteiger partial charge on any atom is -0.507 e. The topological polar surface area (TPSA) is 164 Å². The minimum atomic E-state index is -2.71. The number of nitrogens with two attached hydrogens (primary N) is 1. The molecule has 0 radical (unpaired) electrons. The average Bonchev–Trinajstić information content (AvgIpc) is 2.72. The van der Waals surface area contributed by atoms with Gasteiger partial charge in [0.2, 0.25) is 5.91 Å². The highest BCUT2D eigenvalue weighted by atomic mass is 16.5. The average molecular weight is 458 g/mol. The van der Waals surface area contributed by atoms with Crippen LogP contribution in [0.3, 0.4) is 0 Å². The molecule has 0 aliphatic heterocycles. The first-order valence-electron chi connectivity index (χ1n) is 10.6. The van der Waals surface area contributed by atoms with Crippen molar-refractivity contribution < 1.29 is 38.9 Å². The zero-order chi connectivity index (χ0) is 24.4. The van der Waals surface area contributed by atoms with Crippen molar-refractivity contribution in [1.82, 2.24) is 4.90 Å². The Morgan fingerprint density at radius 3 is 2.45 bits per heavy atom. The van der Waals surface area contributed by atoms with E-state index in [4.69, 9.17) is 10.5 Å². The van der Waals surface area contributed by atoms with E-state index in [1.807, 2.05) is 0 Å². The van der Waals surface area contributed by atoms with E-state index >= 15 is 0 Å². The first kappa shape index (κ1) is 23.2. The number of hydrogen-bond acceptors (Lipinski definition) is 9. The Hall–Kier alpha value is -2.95. The fourth-order valence-electron chi connectivity index (χ4n) is 5.96. The standard InChI is InChI=1S/C23H26N2O8/c1-25(2)17-12-7-10-6-11-9(8-33-3)4-5-13(26)15(11)18(27)14(10)20(29)23(12,32)21(30)16(19(17)28)22(24)31/h4-5,10,12,14,16-17,26,32H,6-8H2,1-3H3,(H2,24,31)/t10-,12-,14?,16?,17?,23-/m1/s1. The van der Waals surface area contributed by atoms with Crippen LogP contribution in [0, 0.1) is 23.7 Å². The van der Waals surface area contributed by atoms with Gasteiger partial charge >= 0.3 is 0 Å². The second kappa shape index (κ2) is 7.82. The molecular formula is C23H26N2O8. The predicted molar refractivity (Wildman–Crippen MR) is 112 cm³/mol. The number of nitrogens with zero attached hydrogens (tertiary/aromatic N) is 1. The molecule has 33 heavy (non-hydrogen) atoms. The summed E-state index contributed by atoms with van der Waals surface area (Å²) in [6.45, 7) is 0.187. The highest BCUT2D eigenvalue weighted by molar-refractivity contribution is 6.32. The molecule has 3 aliphatic carbocycles. The lowest BCUT2D eigenvalue weighted by atomic mass is 9.52. The van der Waals surface area contributed by atoms with Crippen LogP contribution >= 0.6 is 0 Å². The molecule has 6 atom stereocenters. The van der Waals surface area contributed by atoms with Gasteiger partial charge in [-0.05, 0) is 50.0 Å². The second-order valence-corrected chi connectivity index (χ2v) is 9.32.